The van der Waals surface area contributed by atoms with E-state index in [0.717, 1.165) is 0 Å². The molecule has 21 heavy (non-hydrogen) atoms. The molecular formula is C16H14F4O. The summed E-state index contributed by atoms with van der Waals surface area (Å²) in [6.45, 7) is 3.47. The number of aryl methyl sites for hydroxylation is 1. The molecule has 112 valence electrons. The van der Waals surface area contributed by atoms with E-state index in [0.29, 0.717) is 6.42 Å². The molecule has 0 bridgehead atoms. The zero-order valence-corrected chi connectivity index (χ0v) is 11.6. The average molecular weight is 298 g/mol. The van der Waals surface area contributed by atoms with Crippen LogP contribution < -0.4 is 4.74 Å². The molecule has 0 aliphatic carbocycles. The predicted octanol–water partition coefficient (Wildman–Crippen LogP) is 4.87. The summed E-state index contributed by atoms with van der Waals surface area (Å²) >= 11 is 0. The van der Waals surface area contributed by atoms with Crippen molar-refractivity contribution in [3.8, 4) is 16.9 Å². The molecule has 0 fully saturated rings. The first-order valence-corrected chi connectivity index (χ1v) is 6.59. The van der Waals surface area contributed by atoms with Gasteiger partial charge in [-0.3, -0.25) is 0 Å². The van der Waals surface area contributed by atoms with Gasteiger partial charge in [0.1, 0.15) is 0 Å². The molecule has 5 heteroatoms. The summed E-state index contributed by atoms with van der Waals surface area (Å²) in [6.07, 6.45) is 0.309. The highest BCUT2D eigenvalue weighted by atomic mass is 19.2. The second-order valence-electron chi connectivity index (χ2n) is 4.43. The second-order valence-corrected chi connectivity index (χ2v) is 4.43. The van der Waals surface area contributed by atoms with Crippen molar-refractivity contribution in [2.75, 3.05) is 6.61 Å². The molecule has 2 rings (SSSR count). The molecule has 0 N–H and O–H groups in total. The van der Waals surface area contributed by atoms with Crippen LogP contribution in [0.3, 0.4) is 0 Å². The van der Waals surface area contributed by atoms with Gasteiger partial charge in [-0.05, 0) is 31.0 Å². The van der Waals surface area contributed by atoms with Gasteiger partial charge in [0.2, 0.25) is 5.82 Å². The fraction of sp³-hybridized carbons (Fsp3) is 0.250. The van der Waals surface area contributed by atoms with Crippen LogP contribution in [0.4, 0.5) is 17.6 Å². The number of benzene rings is 2. The fourth-order valence-corrected chi connectivity index (χ4v) is 2.08. The molecule has 0 saturated heterocycles. The first-order valence-electron chi connectivity index (χ1n) is 6.59. The van der Waals surface area contributed by atoms with Gasteiger partial charge >= 0.3 is 0 Å². The zero-order valence-electron chi connectivity index (χ0n) is 11.6. The van der Waals surface area contributed by atoms with Gasteiger partial charge in [-0.1, -0.05) is 19.1 Å². The van der Waals surface area contributed by atoms with Gasteiger partial charge in [0.25, 0.3) is 0 Å². The summed E-state index contributed by atoms with van der Waals surface area (Å²) in [4.78, 5) is 0. The second kappa shape index (κ2) is 6.16. The lowest BCUT2D eigenvalue weighted by Gasteiger charge is -2.11. The molecule has 0 heterocycles. The first kappa shape index (κ1) is 15.4. The summed E-state index contributed by atoms with van der Waals surface area (Å²) in [5.41, 5.74) is -0.470. The molecule has 0 aliphatic rings. The molecule has 0 amide bonds. The molecule has 0 saturated carbocycles. The van der Waals surface area contributed by atoms with Gasteiger partial charge in [0.15, 0.2) is 23.2 Å². The van der Waals surface area contributed by atoms with Crippen LogP contribution in [0.25, 0.3) is 11.1 Å². The Kier molecular flexibility index (Phi) is 4.50. The Hall–Kier alpha value is -2.04. The van der Waals surface area contributed by atoms with E-state index < -0.39 is 23.3 Å². The third kappa shape index (κ3) is 2.73. The molecule has 1 nitrogen and oxygen atoms in total. The molecule has 0 unspecified atom stereocenters. The SMILES string of the molecule is CCOc1ccc(-c2ccc(CC)c(F)c2F)c(F)c1F. The van der Waals surface area contributed by atoms with E-state index in [2.05, 4.69) is 0 Å². The van der Waals surface area contributed by atoms with E-state index in [1.807, 2.05) is 0 Å². The lowest BCUT2D eigenvalue weighted by molar-refractivity contribution is 0.314. The van der Waals surface area contributed by atoms with Gasteiger partial charge < -0.3 is 4.74 Å². The monoisotopic (exact) mass is 298 g/mol. The van der Waals surface area contributed by atoms with Gasteiger partial charge in [0.05, 0.1) is 6.61 Å². The number of halogens is 4. The van der Waals surface area contributed by atoms with E-state index in [9.17, 15) is 17.6 Å². The summed E-state index contributed by atoms with van der Waals surface area (Å²) in [5.74, 6) is -4.96. The number of rotatable bonds is 4. The van der Waals surface area contributed by atoms with Crippen LogP contribution in [0.2, 0.25) is 0 Å². The molecule has 0 aromatic heterocycles. The highest BCUT2D eigenvalue weighted by Gasteiger charge is 2.20. The summed E-state index contributed by atoms with van der Waals surface area (Å²) < 4.78 is 60.5. The van der Waals surface area contributed by atoms with Crippen LogP contribution in [0, 0.1) is 23.3 Å². The Morgan fingerprint density at radius 3 is 1.90 bits per heavy atom. The van der Waals surface area contributed by atoms with E-state index in [4.69, 9.17) is 4.74 Å². The van der Waals surface area contributed by atoms with Gasteiger partial charge in [-0.25, -0.2) is 13.2 Å². The van der Waals surface area contributed by atoms with Gasteiger partial charge in [-0.15, -0.1) is 0 Å². The maximum atomic E-state index is 14.0. The van der Waals surface area contributed by atoms with Crippen LogP contribution in [-0.4, -0.2) is 6.61 Å². The Balaban J connectivity index is 2.58. The van der Waals surface area contributed by atoms with Crippen molar-refractivity contribution in [1.29, 1.82) is 0 Å². The lowest BCUT2D eigenvalue weighted by atomic mass is 10.0. The van der Waals surface area contributed by atoms with Crippen molar-refractivity contribution in [3.05, 3.63) is 53.1 Å². The minimum Gasteiger partial charge on any atom is -0.491 e. The number of hydrogen-bond donors (Lipinski definition) is 0. The molecule has 2 aromatic rings. The Bertz CT molecular complexity index is 668. The van der Waals surface area contributed by atoms with Crippen molar-refractivity contribution in [2.45, 2.75) is 20.3 Å². The smallest absolute Gasteiger partial charge is 0.201 e. The topological polar surface area (TPSA) is 9.23 Å². The minimum atomic E-state index is -1.26. The van der Waals surface area contributed by atoms with Crippen molar-refractivity contribution >= 4 is 0 Å². The third-order valence-corrected chi connectivity index (χ3v) is 3.18. The molecule has 0 spiro atoms. The Morgan fingerprint density at radius 2 is 1.33 bits per heavy atom. The third-order valence-electron chi connectivity index (χ3n) is 3.18. The lowest BCUT2D eigenvalue weighted by Crippen LogP contribution is -2.01. The number of hydrogen-bond acceptors (Lipinski definition) is 1. The molecule has 0 radical (unpaired) electrons. The van der Waals surface area contributed by atoms with Crippen LogP contribution in [-0.2, 0) is 6.42 Å². The summed E-state index contributed by atoms with van der Waals surface area (Å²) in [7, 11) is 0. The predicted molar refractivity (Wildman–Crippen MR) is 72.3 cm³/mol. The largest absolute Gasteiger partial charge is 0.491 e. The summed E-state index contributed by atoms with van der Waals surface area (Å²) in [5, 5.41) is 0. The van der Waals surface area contributed by atoms with Crippen LogP contribution in [0.1, 0.15) is 19.4 Å². The van der Waals surface area contributed by atoms with Crippen LogP contribution in [0.5, 0.6) is 5.75 Å². The van der Waals surface area contributed by atoms with Crippen LogP contribution in [0.15, 0.2) is 24.3 Å². The van der Waals surface area contributed by atoms with E-state index >= 15 is 0 Å². The van der Waals surface area contributed by atoms with Crippen molar-refractivity contribution in [2.24, 2.45) is 0 Å². The molecule has 2 aromatic carbocycles. The maximum Gasteiger partial charge on any atom is 0.201 e. The maximum absolute atomic E-state index is 14.0. The Morgan fingerprint density at radius 1 is 0.762 bits per heavy atom. The number of ether oxygens (including phenoxy) is 1. The van der Waals surface area contributed by atoms with Crippen molar-refractivity contribution in [1.82, 2.24) is 0 Å². The van der Waals surface area contributed by atoms with Gasteiger partial charge in [-0.2, -0.15) is 4.39 Å². The quantitative estimate of drug-likeness (QED) is 0.732. The summed E-state index contributed by atoms with van der Waals surface area (Å²) in [6, 6.07) is 4.98. The average Bonchev–Trinajstić information content (AvgIpc) is 2.48. The van der Waals surface area contributed by atoms with Crippen LogP contribution >= 0.6 is 0 Å². The Labute approximate surface area is 120 Å². The standard InChI is InChI=1S/C16H14F4O/c1-3-9-5-6-10(14(18)13(9)17)11-7-8-12(21-4-2)16(20)15(11)19/h5-8H,3-4H2,1-2H3. The highest BCUT2D eigenvalue weighted by molar-refractivity contribution is 5.66. The highest BCUT2D eigenvalue weighted by Crippen LogP contribution is 2.32. The van der Waals surface area contributed by atoms with E-state index in [1.165, 1.54) is 24.3 Å². The molecule has 0 atom stereocenters. The minimum absolute atomic E-state index is 0.171. The van der Waals surface area contributed by atoms with E-state index in [1.54, 1.807) is 13.8 Å². The molecule has 0 aliphatic heterocycles. The van der Waals surface area contributed by atoms with E-state index in [-0.39, 0.29) is 29.0 Å². The normalized spacial score (nSPS) is 10.8. The van der Waals surface area contributed by atoms with Gasteiger partial charge in [0, 0.05) is 11.1 Å². The molecular weight excluding hydrogens is 284 g/mol. The zero-order chi connectivity index (χ0) is 15.6. The van der Waals surface area contributed by atoms with Crippen molar-refractivity contribution < 1.29 is 22.3 Å². The first-order chi connectivity index (χ1) is 10.0. The fourth-order valence-electron chi connectivity index (χ4n) is 2.08. The van der Waals surface area contributed by atoms with Crippen molar-refractivity contribution in [3.63, 3.8) is 0 Å².